The summed E-state index contributed by atoms with van der Waals surface area (Å²) in [5, 5.41) is 0.775. The molecule has 0 fully saturated rings. The fourth-order valence-electron chi connectivity index (χ4n) is 1.42. The van der Waals surface area contributed by atoms with Crippen molar-refractivity contribution < 1.29 is 4.74 Å². The summed E-state index contributed by atoms with van der Waals surface area (Å²) in [7, 11) is 1.63. The van der Waals surface area contributed by atoms with Gasteiger partial charge in [-0.1, -0.05) is 35.3 Å². The fourth-order valence-corrected chi connectivity index (χ4v) is 1.88. The van der Waals surface area contributed by atoms with E-state index in [0.29, 0.717) is 10.3 Å². The molecule has 1 aromatic carbocycles. The average molecular weight is 254 g/mol. The minimum atomic E-state index is 0.387. The van der Waals surface area contributed by atoms with Crippen molar-refractivity contribution in [3.05, 3.63) is 46.7 Å². The smallest absolute Gasteiger partial charge is 0.131 e. The number of halogens is 2. The Hall–Kier alpha value is -1.25. The molecular formula is C12H9Cl2NO. The lowest BCUT2D eigenvalue weighted by molar-refractivity contribution is 0.415. The van der Waals surface area contributed by atoms with E-state index >= 15 is 0 Å². The molecule has 16 heavy (non-hydrogen) atoms. The van der Waals surface area contributed by atoms with Crippen LogP contribution in [0.25, 0.3) is 11.1 Å². The van der Waals surface area contributed by atoms with Crippen molar-refractivity contribution in [2.24, 2.45) is 0 Å². The molecule has 0 aliphatic heterocycles. The molecule has 2 aromatic rings. The molecule has 82 valence electrons. The van der Waals surface area contributed by atoms with Gasteiger partial charge in [-0.05, 0) is 35.4 Å². The Bertz CT molecular complexity index is 477. The Morgan fingerprint density at radius 2 is 1.50 bits per heavy atom. The van der Waals surface area contributed by atoms with Crippen LogP contribution in [0.1, 0.15) is 0 Å². The summed E-state index contributed by atoms with van der Waals surface area (Å²) in [6.07, 6.45) is 0. The quantitative estimate of drug-likeness (QED) is 0.754. The summed E-state index contributed by atoms with van der Waals surface area (Å²) in [4.78, 5) is 3.90. The molecule has 0 atom stereocenters. The van der Waals surface area contributed by atoms with Crippen molar-refractivity contribution in [1.29, 1.82) is 0 Å². The third-order valence-electron chi connectivity index (χ3n) is 2.19. The summed E-state index contributed by atoms with van der Waals surface area (Å²) < 4.78 is 5.09. The molecule has 0 N–H and O–H groups in total. The Morgan fingerprint density at radius 3 is 2.00 bits per heavy atom. The summed E-state index contributed by atoms with van der Waals surface area (Å²) in [5.41, 5.74) is 1.96. The highest BCUT2D eigenvalue weighted by Crippen LogP contribution is 2.26. The molecule has 0 saturated carbocycles. The molecule has 1 heterocycles. The average Bonchev–Trinajstić information content (AvgIpc) is 2.28. The molecular weight excluding hydrogens is 245 g/mol. The SMILES string of the molecule is COc1ccc(-c2cc(Cl)nc(Cl)c2)cc1. The van der Waals surface area contributed by atoms with Crippen LogP contribution in [-0.2, 0) is 0 Å². The van der Waals surface area contributed by atoms with Crippen molar-refractivity contribution in [3.8, 4) is 16.9 Å². The van der Waals surface area contributed by atoms with Gasteiger partial charge in [0.05, 0.1) is 7.11 Å². The van der Waals surface area contributed by atoms with Gasteiger partial charge in [-0.2, -0.15) is 0 Å². The van der Waals surface area contributed by atoms with Crippen molar-refractivity contribution in [3.63, 3.8) is 0 Å². The number of pyridine rings is 1. The second-order valence-electron chi connectivity index (χ2n) is 3.23. The van der Waals surface area contributed by atoms with Crippen molar-refractivity contribution in [2.45, 2.75) is 0 Å². The predicted octanol–water partition coefficient (Wildman–Crippen LogP) is 4.06. The van der Waals surface area contributed by atoms with Gasteiger partial charge in [-0.15, -0.1) is 0 Å². The van der Waals surface area contributed by atoms with Gasteiger partial charge in [0.25, 0.3) is 0 Å². The Labute approximate surface area is 104 Å². The fraction of sp³-hybridized carbons (Fsp3) is 0.0833. The second-order valence-corrected chi connectivity index (χ2v) is 4.00. The largest absolute Gasteiger partial charge is 0.497 e. The van der Waals surface area contributed by atoms with E-state index in [1.165, 1.54) is 0 Å². The molecule has 2 nitrogen and oxygen atoms in total. The van der Waals surface area contributed by atoms with Crippen LogP contribution in [0.4, 0.5) is 0 Å². The normalized spacial score (nSPS) is 10.2. The lowest BCUT2D eigenvalue weighted by atomic mass is 10.1. The molecule has 0 saturated heterocycles. The van der Waals surface area contributed by atoms with E-state index in [1.54, 1.807) is 19.2 Å². The highest BCUT2D eigenvalue weighted by atomic mass is 35.5. The van der Waals surface area contributed by atoms with Crippen LogP contribution in [0.5, 0.6) is 5.75 Å². The number of methoxy groups -OCH3 is 1. The van der Waals surface area contributed by atoms with E-state index < -0.39 is 0 Å². The van der Waals surface area contributed by atoms with Crippen LogP contribution in [0.3, 0.4) is 0 Å². The van der Waals surface area contributed by atoms with Crippen LogP contribution in [0.15, 0.2) is 36.4 Å². The predicted molar refractivity (Wildman–Crippen MR) is 66.2 cm³/mol. The number of hydrogen-bond acceptors (Lipinski definition) is 2. The molecule has 0 spiro atoms. The van der Waals surface area contributed by atoms with Crippen LogP contribution in [-0.4, -0.2) is 12.1 Å². The van der Waals surface area contributed by atoms with E-state index in [4.69, 9.17) is 27.9 Å². The molecule has 0 radical (unpaired) electrons. The summed E-state index contributed by atoms with van der Waals surface area (Å²) in [5.74, 6) is 0.815. The summed E-state index contributed by atoms with van der Waals surface area (Å²) in [6, 6.07) is 11.2. The van der Waals surface area contributed by atoms with Gasteiger partial charge in [0, 0.05) is 0 Å². The van der Waals surface area contributed by atoms with E-state index in [1.807, 2.05) is 24.3 Å². The molecule has 0 amide bonds. The van der Waals surface area contributed by atoms with Gasteiger partial charge in [-0.3, -0.25) is 0 Å². The zero-order valence-electron chi connectivity index (χ0n) is 8.58. The maximum Gasteiger partial charge on any atom is 0.131 e. The first-order chi connectivity index (χ1) is 7.69. The molecule has 0 unspecified atom stereocenters. The number of benzene rings is 1. The number of nitrogens with zero attached hydrogens (tertiary/aromatic N) is 1. The van der Waals surface area contributed by atoms with Gasteiger partial charge >= 0.3 is 0 Å². The molecule has 0 aliphatic rings. The van der Waals surface area contributed by atoms with Crippen LogP contribution in [0.2, 0.25) is 10.3 Å². The minimum absolute atomic E-state index is 0.387. The van der Waals surface area contributed by atoms with Gasteiger partial charge in [0.1, 0.15) is 16.1 Å². The summed E-state index contributed by atoms with van der Waals surface area (Å²) >= 11 is 11.7. The zero-order valence-corrected chi connectivity index (χ0v) is 10.1. The van der Waals surface area contributed by atoms with E-state index in [9.17, 15) is 0 Å². The van der Waals surface area contributed by atoms with E-state index in [-0.39, 0.29) is 0 Å². The Morgan fingerprint density at radius 1 is 0.938 bits per heavy atom. The first-order valence-electron chi connectivity index (χ1n) is 4.66. The van der Waals surface area contributed by atoms with E-state index in [0.717, 1.165) is 16.9 Å². The maximum atomic E-state index is 5.84. The molecule has 1 aromatic heterocycles. The van der Waals surface area contributed by atoms with Crippen LogP contribution < -0.4 is 4.74 Å². The third-order valence-corrected chi connectivity index (χ3v) is 2.57. The first kappa shape index (κ1) is 11.2. The Kier molecular flexibility index (Phi) is 3.32. The summed E-state index contributed by atoms with van der Waals surface area (Å²) in [6.45, 7) is 0. The second kappa shape index (κ2) is 4.73. The van der Waals surface area contributed by atoms with Gasteiger partial charge in [0.2, 0.25) is 0 Å². The molecule has 4 heteroatoms. The minimum Gasteiger partial charge on any atom is -0.497 e. The highest BCUT2D eigenvalue weighted by Gasteiger charge is 2.02. The molecule has 2 rings (SSSR count). The monoisotopic (exact) mass is 253 g/mol. The van der Waals surface area contributed by atoms with Crippen molar-refractivity contribution in [1.82, 2.24) is 4.98 Å². The standard InChI is InChI=1S/C12H9Cl2NO/c1-16-10-4-2-8(3-5-10)9-6-11(13)15-12(14)7-9/h2-7H,1H3. The number of hydrogen-bond donors (Lipinski definition) is 0. The Balaban J connectivity index is 2.42. The molecule has 0 aliphatic carbocycles. The highest BCUT2D eigenvalue weighted by molar-refractivity contribution is 6.32. The molecule has 0 bridgehead atoms. The van der Waals surface area contributed by atoms with Crippen LogP contribution >= 0.6 is 23.2 Å². The first-order valence-corrected chi connectivity index (χ1v) is 5.42. The number of rotatable bonds is 2. The third kappa shape index (κ3) is 2.46. The van der Waals surface area contributed by atoms with Gasteiger partial charge < -0.3 is 4.74 Å². The van der Waals surface area contributed by atoms with E-state index in [2.05, 4.69) is 4.98 Å². The topological polar surface area (TPSA) is 22.1 Å². The van der Waals surface area contributed by atoms with Crippen molar-refractivity contribution in [2.75, 3.05) is 7.11 Å². The maximum absolute atomic E-state index is 5.84. The zero-order chi connectivity index (χ0) is 11.5. The number of aromatic nitrogens is 1. The van der Waals surface area contributed by atoms with Crippen molar-refractivity contribution >= 4 is 23.2 Å². The van der Waals surface area contributed by atoms with Gasteiger partial charge in [-0.25, -0.2) is 4.98 Å². The van der Waals surface area contributed by atoms with Crippen LogP contribution in [0, 0.1) is 0 Å². The number of ether oxygens (including phenoxy) is 1. The lowest BCUT2D eigenvalue weighted by Crippen LogP contribution is -1.84. The van der Waals surface area contributed by atoms with Gasteiger partial charge in [0.15, 0.2) is 0 Å². The lowest BCUT2D eigenvalue weighted by Gasteiger charge is -2.04.